The number of aromatic nitrogens is 2. The monoisotopic (exact) mass is 168 g/mol. The summed E-state index contributed by atoms with van der Waals surface area (Å²) < 4.78 is 3.65. The Balaban J connectivity index is 3.02. The maximum atomic E-state index is 11.3. The average molecular weight is 168 g/mol. The summed E-state index contributed by atoms with van der Waals surface area (Å²) in [7, 11) is 0. The van der Waals surface area contributed by atoms with Crippen molar-refractivity contribution in [1.29, 1.82) is 0 Å². The molecule has 0 bridgehead atoms. The predicted octanol–water partition coefficient (Wildman–Crippen LogP) is 1.61. The van der Waals surface area contributed by atoms with Crippen LogP contribution in [0.15, 0.2) is 12.2 Å². The van der Waals surface area contributed by atoms with Crippen molar-refractivity contribution in [3.8, 4) is 0 Å². The molecule has 0 amide bonds. The van der Waals surface area contributed by atoms with Gasteiger partial charge in [-0.2, -0.15) is 0 Å². The number of allylic oxidation sites excluding steroid dienone is 1. The van der Waals surface area contributed by atoms with Crippen LogP contribution in [0.5, 0.6) is 0 Å². The zero-order valence-electron chi connectivity index (χ0n) is 6.42. The van der Waals surface area contributed by atoms with E-state index < -0.39 is 0 Å². The lowest BCUT2D eigenvalue weighted by Crippen LogP contribution is -1.98. The summed E-state index contributed by atoms with van der Waals surface area (Å²) in [5, 5.41) is 3.73. The first kappa shape index (κ1) is 8.07. The van der Waals surface area contributed by atoms with Gasteiger partial charge in [-0.3, -0.25) is 4.79 Å². The van der Waals surface area contributed by atoms with Gasteiger partial charge >= 0.3 is 0 Å². The Morgan fingerprint density at radius 3 is 2.64 bits per heavy atom. The number of carbonyl (C=O) groups is 1. The van der Waals surface area contributed by atoms with Crippen molar-refractivity contribution in [1.82, 2.24) is 9.59 Å². The molecule has 0 aliphatic carbocycles. The molecule has 0 N–H and O–H groups in total. The molecular formula is C7H8N2OS. The largest absolute Gasteiger partial charge is 0.288 e. The summed E-state index contributed by atoms with van der Waals surface area (Å²) in [6, 6.07) is 0. The molecule has 4 heteroatoms. The highest BCUT2D eigenvalue weighted by atomic mass is 32.1. The van der Waals surface area contributed by atoms with Crippen LogP contribution in [0.2, 0.25) is 0 Å². The number of rotatable bonds is 2. The average Bonchev–Trinajstić information content (AvgIpc) is 2.33. The van der Waals surface area contributed by atoms with E-state index in [4.69, 9.17) is 0 Å². The van der Waals surface area contributed by atoms with E-state index in [1.54, 1.807) is 13.8 Å². The van der Waals surface area contributed by atoms with Gasteiger partial charge in [-0.05, 0) is 31.0 Å². The van der Waals surface area contributed by atoms with Crippen molar-refractivity contribution in [2.45, 2.75) is 13.8 Å². The van der Waals surface area contributed by atoms with E-state index in [1.165, 1.54) is 0 Å². The molecule has 3 nitrogen and oxygen atoms in total. The molecule has 1 aromatic heterocycles. The van der Waals surface area contributed by atoms with E-state index in [1.807, 2.05) is 0 Å². The van der Waals surface area contributed by atoms with Crippen LogP contribution >= 0.6 is 11.5 Å². The Kier molecular flexibility index (Phi) is 2.14. The molecular weight excluding hydrogens is 160 g/mol. The number of nitrogens with zero attached hydrogens (tertiary/aromatic N) is 2. The Morgan fingerprint density at radius 1 is 1.64 bits per heavy atom. The molecule has 0 fully saturated rings. The van der Waals surface area contributed by atoms with Crippen molar-refractivity contribution >= 4 is 17.3 Å². The van der Waals surface area contributed by atoms with E-state index in [0.717, 1.165) is 11.5 Å². The van der Waals surface area contributed by atoms with Crippen molar-refractivity contribution in [2.24, 2.45) is 0 Å². The molecule has 0 radical (unpaired) electrons. The molecule has 0 unspecified atom stereocenters. The third-order valence-corrected chi connectivity index (χ3v) is 2.07. The van der Waals surface area contributed by atoms with Crippen LogP contribution < -0.4 is 0 Å². The molecule has 11 heavy (non-hydrogen) atoms. The number of hydrogen-bond acceptors (Lipinski definition) is 4. The normalized spacial score (nSPS) is 9.64. The highest BCUT2D eigenvalue weighted by Gasteiger charge is 2.12. The number of aryl methyl sites for hydroxylation is 1. The van der Waals surface area contributed by atoms with Crippen molar-refractivity contribution in [2.75, 3.05) is 0 Å². The fraction of sp³-hybridized carbons (Fsp3) is 0.286. The summed E-state index contributed by atoms with van der Waals surface area (Å²) in [5.41, 5.74) is 1.21. The summed E-state index contributed by atoms with van der Waals surface area (Å²) in [5.74, 6) is -0.0579. The second-order valence-corrected chi connectivity index (χ2v) is 3.05. The van der Waals surface area contributed by atoms with Gasteiger partial charge in [0.1, 0.15) is 4.88 Å². The van der Waals surface area contributed by atoms with Gasteiger partial charge in [0.05, 0.1) is 5.69 Å². The lowest BCUT2D eigenvalue weighted by atomic mass is 10.2. The molecule has 1 heterocycles. The number of carbonyl (C=O) groups excluding carboxylic acids is 1. The van der Waals surface area contributed by atoms with Crippen LogP contribution in [0.25, 0.3) is 0 Å². The quantitative estimate of drug-likeness (QED) is 0.497. The number of Topliss-reactive ketones (excluding diaryl/α,β-unsaturated/α-hetero) is 1. The van der Waals surface area contributed by atoms with E-state index in [9.17, 15) is 4.79 Å². The molecule has 0 aliphatic heterocycles. The van der Waals surface area contributed by atoms with E-state index in [2.05, 4.69) is 16.2 Å². The lowest BCUT2D eigenvalue weighted by molar-refractivity contribution is 0.103. The van der Waals surface area contributed by atoms with Gasteiger partial charge in [0.25, 0.3) is 0 Å². The molecule has 0 aliphatic rings. The van der Waals surface area contributed by atoms with Crippen LogP contribution in [0.1, 0.15) is 22.3 Å². The Labute approximate surface area is 68.9 Å². The van der Waals surface area contributed by atoms with E-state index >= 15 is 0 Å². The Bertz CT molecular complexity index is 303. The Hall–Kier alpha value is -1.03. The van der Waals surface area contributed by atoms with E-state index in [0.29, 0.717) is 16.1 Å². The van der Waals surface area contributed by atoms with Gasteiger partial charge in [-0.15, -0.1) is 5.10 Å². The summed E-state index contributed by atoms with van der Waals surface area (Å²) in [6.07, 6.45) is 0. The molecule has 0 atom stereocenters. The van der Waals surface area contributed by atoms with Gasteiger partial charge in [-0.25, -0.2) is 0 Å². The van der Waals surface area contributed by atoms with Gasteiger partial charge in [0.15, 0.2) is 0 Å². The fourth-order valence-electron chi connectivity index (χ4n) is 0.634. The third kappa shape index (κ3) is 1.51. The minimum Gasteiger partial charge on any atom is -0.288 e. The van der Waals surface area contributed by atoms with Gasteiger partial charge in [0, 0.05) is 0 Å². The zero-order valence-corrected chi connectivity index (χ0v) is 7.23. The molecule has 0 saturated carbocycles. The standard InChI is InChI=1S/C7H8N2OS/c1-4(2)6(10)7-5(3)8-9-11-7/h1H2,2-3H3. The second-order valence-electron chi connectivity index (χ2n) is 2.30. The molecule has 58 valence electrons. The predicted molar refractivity (Wildman–Crippen MR) is 43.8 cm³/mol. The van der Waals surface area contributed by atoms with Crippen molar-refractivity contribution in [3.05, 3.63) is 22.7 Å². The molecule has 1 rings (SSSR count). The van der Waals surface area contributed by atoms with Crippen molar-refractivity contribution in [3.63, 3.8) is 0 Å². The summed E-state index contributed by atoms with van der Waals surface area (Å²) in [4.78, 5) is 11.9. The highest BCUT2D eigenvalue weighted by molar-refractivity contribution is 7.08. The number of hydrogen-bond donors (Lipinski definition) is 0. The maximum absolute atomic E-state index is 11.3. The first-order valence-electron chi connectivity index (χ1n) is 3.12. The van der Waals surface area contributed by atoms with Crippen LogP contribution in [-0.2, 0) is 0 Å². The number of ketones is 1. The first-order valence-corrected chi connectivity index (χ1v) is 3.89. The molecule has 0 saturated heterocycles. The third-order valence-electron chi connectivity index (χ3n) is 1.25. The van der Waals surface area contributed by atoms with Gasteiger partial charge < -0.3 is 0 Å². The van der Waals surface area contributed by atoms with Gasteiger partial charge in [0.2, 0.25) is 5.78 Å². The second kappa shape index (κ2) is 2.92. The fourth-order valence-corrected chi connectivity index (χ4v) is 1.31. The van der Waals surface area contributed by atoms with Crippen LogP contribution in [0.4, 0.5) is 0 Å². The van der Waals surface area contributed by atoms with Crippen molar-refractivity contribution < 1.29 is 4.79 Å². The smallest absolute Gasteiger partial charge is 0.201 e. The molecule has 0 spiro atoms. The summed E-state index contributed by atoms with van der Waals surface area (Å²) in [6.45, 7) is 7.00. The topological polar surface area (TPSA) is 42.9 Å². The maximum Gasteiger partial charge on any atom is 0.201 e. The van der Waals surface area contributed by atoms with Crippen LogP contribution in [0, 0.1) is 6.92 Å². The minimum absolute atomic E-state index is 0.0579. The molecule has 1 aromatic rings. The lowest BCUT2D eigenvalue weighted by Gasteiger charge is -1.92. The molecule has 0 aromatic carbocycles. The summed E-state index contributed by atoms with van der Waals surface area (Å²) >= 11 is 1.11. The van der Waals surface area contributed by atoms with Gasteiger partial charge in [-0.1, -0.05) is 11.1 Å². The first-order chi connectivity index (χ1) is 5.13. The Morgan fingerprint density at radius 2 is 2.27 bits per heavy atom. The van der Waals surface area contributed by atoms with E-state index in [-0.39, 0.29) is 5.78 Å². The van der Waals surface area contributed by atoms with Crippen LogP contribution in [-0.4, -0.2) is 15.4 Å². The SMILES string of the molecule is C=C(C)C(=O)c1snnc1C. The highest BCUT2D eigenvalue weighted by Crippen LogP contribution is 2.13. The zero-order chi connectivity index (χ0) is 8.43. The van der Waals surface area contributed by atoms with Crippen LogP contribution in [0.3, 0.4) is 0 Å². The minimum atomic E-state index is -0.0579.